The van der Waals surface area contributed by atoms with E-state index in [0.717, 1.165) is 6.42 Å². The van der Waals surface area contributed by atoms with Gasteiger partial charge in [-0.05, 0) is 26.2 Å². The second-order valence-electron chi connectivity index (χ2n) is 4.29. The normalized spacial score (nSPS) is 15.3. The van der Waals surface area contributed by atoms with Gasteiger partial charge in [-0.3, -0.25) is 4.79 Å². The van der Waals surface area contributed by atoms with Crippen LogP contribution >= 0.6 is 0 Å². The first-order chi connectivity index (χ1) is 6.47. The van der Waals surface area contributed by atoms with Gasteiger partial charge in [0.1, 0.15) is 0 Å². The molecule has 3 heteroatoms. The van der Waals surface area contributed by atoms with Gasteiger partial charge < -0.3 is 10.6 Å². The fraction of sp³-hybridized carbons (Fsp3) is 0.909. The first kappa shape index (κ1) is 13.4. The number of amides is 1. The molecular formula is C11H24N2O. The van der Waals surface area contributed by atoms with Crippen LogP contribution in [0.1, 0.15) is 41.0 Å². The Morgan fingerprint density at radius 2 is 1.79 bits per heavy atom. The van der Waals surface area contributed by atoms with Crippen LogP contribution < -0.4 is 10.6 Å². The van der Waals surface area contributed by atoms with Crippen LogP contribution in [-0.2, 0) is 4.79 Å². The quantitative estimate of drug-likeness (QED) is 0.683. The molecule has 0 saturated heterocycles. The van der Waals surface area contributed by atoms with Crippen molar-refractivity contribution in [3.63, 3.8) is 0 Å². The lowest BCUT2D eigenvalue weighted by Crippen LogP contribution is -2.43. The number of carbonyl (C=O) groups excluding carboxylic acids is 1. The number of nitrogens with one attached hydrogen (secondary N) is 2. The monoisotopic (exact) mass is 200 g/mol. The lowest BCUT2D eigenvalue weighted by Gasteiger charge is -2.18. The second kappa shape index (κ2) is 6.82. The van der Waals surface area contributed by atoms with Crippen LogP contribution in [0.3, 0.4) is 0 Å². The smallest absolute Gasteiger partial charge is 0.234 e. The minimum absolute atomic E-state index is 0.0894. The lowest BCUT2D eigenvalue weighted by atomic mass is 10.1. The molecule has 0 heterocycles. The highest BCUT2D eigenvalue weighted by Gasteiger charge is 2.10. The molecule has 1 amide bonds. The van der Waals surface area contributed by atoms with E-state index in [2.05, 4.69) is 38.3 Å². The largest absolute Gasteiger partial charge is 0.352 e. The van der Waals surface area contributed by atoms with E-state index in [4.69, 9.17) is 0 Å². The molecule has 0 aromatic rings. The average Bonchev–Trinajstić information content (AvgIpc) is 2.13. The van der Waals surface area contributed by atoms with Crippen molar-refractivity contribution >= 4 is 5.91 Å². The molecule has 0 saturated carbocycles. The number of carbonyl (C=O) groups is 1. The lowest BCUT2D eigenvalue weighted by molar-refractivity contribution is -0.121. The minimum atomic E-state index is 0.0894. The van der Waals surface area contributed by atoms with Crippen molar-refractivity contribution in [3.8, 4) is 0 Å². The third kappa shape index (κ3) is 5.97. The highest BCUT2D eigenvalue weighted by atomic mass is 16.1. The molecule has 0 aliphatic rings. The summed E-state index contributed by atoms with van der Waals surface area (Å²) in [5.41, 5.74) is 0. The molecule has 0 aromatic heterocycles. The molecule has 14 heavy (non-hydrogen) atoms. The maximum absolute atomic E-state index is 11.4. The zero-order valence-electron chi connectivity index (χ0n) is 10.1. The van der Waals surface area contributed by atoms with Crippen LogP contribution in [0.25, 0.3) is 0 Å². The SMILES string of the molecule is CCC(C)NCC(=O)NC(C)C(C)C. The molecule has 0 aliphatic carbocycles. The summed E-state index contributed by atoms with van der Waals surface area (Å²) in [5.74, 6) is 0.578. The fourth-order valence-corrected chi connectivity index (χ4v) is 0.883. The molecule has 0 aliphatic heterocycles. The van der Waals surface area contributed by atoms with Crippen LogP contribution in [0.4, 0.5) is 0 Å². The molecule has 0 aromatic carbocycles. The van der Waals surface area contributed by atoms with Crippen molar-refractivity contribution < 1.29 is 4.79 Å². The van der Waals surface area contributed by atoms with Gasteiger partial charge in [0.05, 0.1) is 6.54 Å². The van der Waals surface area contributed by atoms with Crippen LogP contribution in [0, 0.1) is 5.92 Å². The van der Waals surface area contributed by atoms with Crippen LogP contribution in [0.5, 0.6) is 0 Å². The summed E-state index contributed by atoms with van der Waals surface area (Å²) < 4.78 is 0. The van der Waals surface area contributed by atoms with E-state index in [1.54, 1.807) is 0 Å². The summed E-state index contributed by atoms with van der Waals surface area (Å²) in [6.45, 7) is 10.9. The van der Waals surface area contributed by atoms with Gasteiger partial charge in [-0.15, -0.1) is 0 Å². The molecule has 2 unspecified atom stereocenters. The van der Waals surface area contributed by atoms with E-state index in [1.165, 1.54) is 0 Å². The van der Waals surface area contributed by atoms with Crippen molar-refractivity contribution in [3.05, 3.63) is 0 Å². The highest BCUT2D eigenvalue weighted by molar-refractivity contribution is 5.78. The van der Waals surface area contributed by atoms with Gasteiger partial charge >= 0.3 is 0 Å². The second-order valence-corrected chi connectivity index (χ2v) is 4.29. The van der Waals surface area contributed by atoms with Crippen molar-refractivity contribution in [2.45, 2.75) is 53.1 Å². The van der Waals surface area contributed by atoms with Gasteiger partial charge in [0.25, 0.3) is 0 Å². The van der Waals surface area contributed by atoms with Crippen LogP contribution in [-0.4, -0.2) is 24.5 Å². The molecule has 2 N–H and O–H groups in total. The molecule has 0 rings (SSSR count). The summed E-state index contributed by atoms with van der Waals surface area (Å²) in [7, 11) is 0. The molecule has 84 valence electrons. The van der Waals surface area contributed by atoms with E-state index in [-0.39, 0.29) is 11.9 Å². The Hall–Kier alpha value is -0.570. The third-order valence-electron chi connectivity index (χ3n) is 2.61. The molecular weight excluding hydrogens is 176 g/mol. The summed E-state index contributed by atoms with van der Waals surface area (Å²) in [6, 6.07) is 0.663. The van der Waals surface area contributed by atoms with Crippen molar-refractivity contribution in [2.75, 3.05) is 6.54 Å². The maximum Gasteiger partial charge on any atom is 0.234 e. The van der Waals surface area contributed by atoms with E-state index in [0.29, 0.717) is 18.5 Å². The maximum atomic E-state index is 11.4. The molecule has 0 spiro atoms. The van der Waals surface area contributed by atoms with Gasteiger partial charge in [-0.2, -0.15) is 0 Å². The van der Waals surface area contributed by atoms with E-state index in [9.17, 15) is 4.79 Å². The number of hydrogen-bond donors (Lipinski definition) is 2. The molecule has 0 fully saturated rings. The summed E-state index contributed by atoms with van der Waals surface area (Å²) in [5, 5.41) is 6.12. The first-order valence-electron chi connectivity index (χ1n) is 5.50. The Bertz CT molecular complexity index is 169. The molecule has 3 nitrogen and oxygen atoms in total. The average molecular weight is 200 g/mol. The van der Waals surface area contributed by atoms with Gasteiger partial charge in [-0.25, -0.2) is 0 Å². The highest BCUT2D eigenvalue weighted by Crippen LogP contribution is 1.98. The minimum Gasteiger partial charge on any atom is -0.352 e. The summed E-state index contributed by atoms with van der Waals surface area (Å²) >= 11 is 0. The van der Waals surface area contributed by atoms with E-state index >= 15 is 0 Å². The van der Waals surface area contributed by atoms with Gasteiger partial charge in [0.15, 0.2) is 0 Å². The predicted molar refractivity (Wildman–Crippen MR) is 60.2 cm³/mol. The third-order valence-corrected chi connectivity index (χ3v) is 2.61. The summed E-state index contributed by atoms with van der Waals surface area (Å²) in [4.78, 5) is 11.4. The van der Waals surface area contributed by atoms with Crippen molar-refractivity contribution in [1.82, 2.24) is 10.6 Å². The topological polar surface area (TPSA) is 41.1 Å². The molecule has 0 bridgehead atoms. The molecule has 2 atom stereocenters. The predicted octanol–water partition coefficient (Wildman–Crippen LogP) is 1.54. The Morgan fingerprint density at radius 3 is 2.21 bits per heavy atom. The fourth-order valence-electron chi connectivity index (χ4n) is 0.883. The van der Waals surface area contributed by atoms with Gasteiger partial charge in [0, 0.05) is 12.1 Å². The van der Waals surface area contributed by atoms with E-state index < -0.39 is 0 Å². The van der Waals surface area contributed by atoms with Crippen LogP contribution in [0.15, 0.2) is 0 Å². The number of rotatable bonds is 6. The number of hydrogen-bond acceptors (Lipinski definition) is 2. The Morgan fingerprint density at radius 1 is 1.21 bits per heavy atom. The van der Waals surface area contributed by atoms with Crippen LogP contribution in [0.2, 0.25) is 0 Å². The first-order valence-corrected chi connectivity index (χ1v) is 5.50. The standard InChI is InChI=1S/C11H24N2O/c1-6-9(4)12-7-11(14)13-10(5)8(2)3/h8-10,12H,6-7H2,1-5H3,(H,13,14). The molecule has 0 radical (unpaired) electrons. The van der Waals surface area contributed by atoms with Crippen molar-refractivity contribution in [1.29, 1.82) is 0 Å². The zero-order chi connectivity index (χ0) is 11.1. The summed E-state index contributed by atoms with van der Waals surface area (Å²) in [6.07, 6.45) is 1.05. The van der Waals surface area contributed by atoms with Gasteiger partial charge in [-0.1, -0.05) is 20.8 Å². The van der Waals surface area contributed by atoms with Crippen molar-refractivity contribution in [2.24, 2.45) is 5.92 Å². The Labute approximate surface area is 87.6 Å². The zero-order valence-corrected chi connectivity index (χ0v) is 10.1. The Kier molecular flexibility index (Phi) is 6.54. The Balaban J connectivity index is 3.65. The van der Waals surface area contributed by atoms with E-state index in [1.807, 2.05) is 6.92 Å². The van der Waals surface area contributed by atoms with Gasteiger partial charge in [0.2, 0.25) is 5.91 Å².